The van der Waals surface area contributed by atoms with Crippen molar-refractivity contribution in [1.29, 1.82) is 5.26 Å². The second kappa shape index (κ2) is 6.02. The van der Waals surface area contributed by atoms with Gasteiger partial charge in [0.15, 0.2) is 0 Å². The normalized spacial score (nSPS) is 11.0. The molecule has 4 nitrogen and oxygen atoms in total. The molecule has 0 spiro atoms. The molecule has 0 atom stereocenters. The van der Waals surface area contributed by atoms with Gasteiger partial charge in [-0.2, -0.15) is 5.26 Å². The SMILES string of the molecule is Cc1ccc(/C=C(/C#N)c2ccc([N+](=O)[O-])cc2)c(C)c1. The third-order valence-electron chi connectivity index (χ3n) is 3.23. The van der Waals surface area contributed by atoms with Crippen LogP contribution in [0.5, 0.6) is 0 Å². The van der Waals surface area contributed by atoms with E-state index in [2.05, 4.69) is 12.1 Å². The molecule has 0 saturated carbocycles. The number of rotatable bonds is 3. The van der Waals surface area contributed by atoms with E-state index in [0.717, 1.165) is 11.1 Å². The van der Waals surface area contributed by atoms with Crippen LogP contribution in [0.1, 0.15) is 22.3 Å². The van der Waals surface area contributed by atoms with E-state index in [1.165, 1.54) is 17.7 Å². The highest BCUT2D eigenvalue weighted by Crippen LogP contribution is 2.22. The Morgan fingerprint density at radius 1 is 1.19 bits per heavy atom. The summed E-state index contributed by atoms with van der Waals surface area (Å²) >= 11 is 0. The van der Waals surface area contributed by atoms with E-state index >= 15 is 0 Å². The van der Waals surface area contributed by atoms with E-state index in [4.69, 9.17) is 0 Å². The van der Waals surface area contributed by atoms with Crippen LogP contribution in [0.2, 0.25) is 0 Å². The first-order valence-electron chi connectivity index (χ1n) is 6.45. The second-order valence-electron chi connectivity index (χ2n) is 4.83. The molecule has 4 heteroatoms. The highest BCUT2D eigenvalue weighted by atomic mass is 16.6. The van der Waals surface area contributed by atoms with E-state index in [1.807, 2.05) is 26.0 Å². The van der Waals surface area contributed by atoms with Gasteiger partial charge in [0.2, 0.25) is 0 Å². The van der Waals surface area contributed by atoms with Crippen LogP contribution < -0.4 is 0 Å². The molecule has 0 unspecified atom stereocenters. The molecule has 2 aromatic carbocycles. The zero-order valence-corrected chi connectivity index (χ0v) is 11.8. The molecular formula is C17H14N2O2. The van der Waals surface area contributed by atoms with Gasteiger partial charge in [0.05, 0.1) is 16.6 Å². The molecule has 21 heavy (non-hydrogen) atoms. The third kappa shape index (κ3) is 3.34. The Kier molecular flexibility index (Phi) is 4.15. The van der Waals surface area contributed by atoms with Crippen LogP contribution in [0, 0.1) is 35.3 Å². The minimum absolute atomic E-state index is 0.0163. The Hall–Kier alpha value is -2.93. The van der Waals surface area contributed by atoms with Crippen molar-refractivity contribution in [3.8, 4) is 6.07 Å². The minimum atomic E-state index is -0.455. The number of aryl methyl sites for hydroxylation is 2. The maximum atomic E-state index is 10.6. The fourth-order valence-electron chi connectivity index (χ4n) is 2.09. The monoisotopic (exact) mass is 278 g/mol. The second-order valence-corrected chi connectivity index (χ2v) is 4.83. The number of hydrogen-bond acceptors (Lipinski definition) is 3. The molecule has 0 heterocycles. The summed E-state index contributed by atoms with van der Waals surface area (Å²) in [5.41, 5.74) is 4.39. The van der Waals surface area contributed by atoms with Crippen molar-refractivity contribution >= 4 is 17.3 Å². The van der Waals surface area contributed by atoms with Crippen LogP contribution in [0.3, 0.4) is 0 Å². The summed E-state index contributed by atoms with van der Waals surface area (Å²) in [7, 11) is 0. The first-order chi connectivity index (χ1) is 10.0. The first kappa shape index (κ1) is 14.5. The quantitative estimate of drug-likeness (QED) is 0.364. The molecule has 2 aromatic rings. The van der Waals surface area contributed by atoms with E-state index in [-0.39, 0.29) is 5.69 Å². The third-order valence-corrected chi connectivity index (χ3v) is 3.23. The van der Waals surface area contributed by atoms with Crippen molar-refractivity contribution in [1.82, 2.24) is 0 Å². The molecule has 0 fully saturated rings. The summed E-state index contributed by atoms with van der Waals surface area (Å²) in [4.78, 5) is 10.2. The Morgan fingerprint density at radius 3 is 2.38 bits per heavy atom. The van der Waals surface area contributed by atoms with E-state index in [0.29, 0.717) is 11.1 Å². The number of nitriles is 1. The summed E-state index contributed by atoms with van der Waals surface area (Å²) in [5, 5.41) is 20.0. The zero-order chi connectivity index (χ0) is 15.4. The van der Waals surface area contributed by atoms with E-state index < -0.39 is 4.92 Å². The van der Waals surface area contributed by atoms with Crippen molar-refractivity contribution in [2.75, 3.05) is 0 Å². The molecular weight excluding hydrogens is 264 g/mol. The van der Waals surface area contributed by atoms with Gasteiger partial charge < -0.3 is 0 Å². The van der Waals surface area contributed by atoms with Gasteiger partial charge in [-0.1, -0.05) is 23.8 Å². The fourth-order valence-corrected chi connectivity index (χ4v) is 2.09. The van der Waals surface area contributed by atoms with Crippen LogP contribution in [-0.2, 0) is 0 Å². The number of hydrogen-bond donors (Lipinski definition) is 0. The molecule has 0 radical (unpaired) electrons. The van der Waals surface area contributed by atoms with Crippen LogP contribution in [0.4, 0.5) is 5.69 Å². The molecule has 104 valence electrons. The minimum Gasteiger partial charge on any atom is -0.258 e. The maximum Gasteiger partial charge on any atom is 0.269 e. The van der Waals surface area contributed by atoms with Crippen molar-refractivity contribution in [2.24, 2.45) is 0 Å². The van der Waals surface area contributed by atoms with Crippen LogP contribution in [-0.4, -0.2) is 4.92 Å². The van der Waals surface area contributed by atoms with Gasteiger partial charge in [0.25, 0.3) is 5.69 Å². The summed E-state index contributed by atoms with van der Waals surface area (Å²) in [6, 6.07) is 14.2. The predicted octanol–water partition coefficient (Wildman–Crippen LogP) is 4.28. The van der Waals surface area contributed by atoms with Crippen molar-refractivity contribution in [3.63, 3.8) is 0 Å². The number of benzene rings is 2. The number of nitrogens with zero attached hydrogens (tertiary/aromatic N) is 2. The van der Waals surface area contributed by atoms with E-state index in [1.54, 1.807) is 18.2 Å². The topological polar surface area (TPSA) is 66.9 Å². The highest BCUT2D eigenvalue weighted by molar-refractivity contribution is 5.90. The summed E-state index contributed by atoms with van der Waals surface area (Å²) in [5.74, 6) is 0. The number of nitro groups is 1. The molecule has 2 rings (SSSR count). The van der Waals surface area contributed by atoms with Crippen molar-refractivity contribution in [3.05, 3.63) is 74.8 Å². The molecule has 0 aromatic heterocycles. The predicted molar refractivity (Wildman–Crippen MR) is 82.5 cm³/mol. The average Bonchev–Trinajstić information content (AvgIpc) is 2.47. The molecule has 0 aliphatic rings. The Balaban J connectivity index is 2.41. The van der Waals surface area contributed by atoms with Crippen molar-refractivity contribution < 1.29 is 4.92 Å². The lowest BCUT2D eigenvalue weighted by Crippen LogP contribution is -1.89. The van der Waals surface area contributed by atoms with Gasteiger partial charge in [-0.15, -0.1) is 0 Å². The van der Waals surface area contributed by atoms with Gasteiger partial charge >= 0.3 is 0 Å². The smallest absolute Gasteiger partial charge is 0.258 e. The Morgan fingerprint density at radius 2 is 1.86 bits per heavy atom. The van der Waals surface area contributed by atoms with Crippen LogP contribution in [0.15, 0.2) is 42.5 Å². The molecule has 0 aliphatic carbocycles. The molecule has 0 aliphatic heterocycles. The number of non-ortho nitro benzene ring substituents is 1. The number of allylic oxidation sites excluding steroid dienone is 1. The molecule has 0 bridgehead atoms. The lowest BCUT2D eigenvalue weighted by Gasteiger charge is -2.04. The molecule has 0 amide bonds. The fraction of sp³-hybridized carbons (Fsp3) is 0.118. The van der Waals surface area contributed by atoms with Gasteiger partial charge in [-0.25, -0.2) is 0 Å². The Labute approximate surface area is 123 Å². The summed E-state index contributed by atoms with van der Waals surface area (Å²) in [6.07, 6.45) is 1.80. The highest BCUT2D eigenvalue weighted by Gasteiger charge is 2.07. The first-order valence-corrected chi connectivity index (χ1v) is 6.45. The average molecular weight is 278 g/mol. The summed E-state index contributed by atoms with van der Waals surface area (Å²) < 4.78 is 0. The molecule has 0 N–H and O–H groups in total. The summed E-state index contributed by atoms with van der Waals surface area (Å²) in [6.45, 7) is 4.01. The van der Waals surface area contributed by atoms with Gasteiger partial charge in [-0.05, 0) is 48.7 Å². The van der Waals surface area contributed by atoms with Gasteiger partial charge in [-0.3, -0.25) is 10.1 Å². The zero-order valence-electron chi connectivity index (χ0n) is 11.8. The number of nitro benzene ring substituents is 1. The van der Waals surface area contributed by atoms with Gasteiger partial charge in [0, 0.05) is 12.1 Å². The maximum absolute atomic E-state index is 10.6. The lowest BCUT2D eigenvalue weighted by atomic mass is 10.00. The largest absolute Gasteiger partial charge is 0.269 e. The lowest BCUT2D eigenvalue weighted by molar-refractivity contribution is -0.384. The van der Waals surface area contributed by atoms with Gasteiger partial charge in [0.1, 0.15) is 0 Å². The standard InChI is InChI=1S/C17H14N2O2/c1-12-3-4-15(13(2)9-12)10-16(11-18)14-5-7-17(8-6-14)19(20)21/h3-10H,1-2H3/b16-10-. The van der Waals surface area contributed by atoms with Crippen molar-refractivity contribution in [2.45, 2.75) is 13.8 Å². The van der Waals surface area contributed by atoms with Crippen LogP contribution >= 0.6 is 0 Å². The van der Waals surface area contributed by atoms with E-state index in [9.17, 15) is 15.4 Å². The van der Waals surface area contributed by atoms with Crippen LogP contribution in [0.25, 0.3) is 11.6 Å². The molecule has 0 saturated heterocycles. The Bertz CT molecular complexity index is 753.